The van der Waals surface area contributed by atoms with Crippen LogP contribution in [-0.4, -0.2) is 41.5 Å². The third-order valence-electron chi connectivity index (χ3n) is 6.01. The summed E-state index contributed by atoms with van der Waals surface area (Å²) < 4.78 is 10.5. The summed E-state index contributed by atoms with van der Waals surface area (Å²) in [6, 6.07) is 15.2. The van der Waals surface area contributed by atoms with Crippen molar-refractivity contribution in [2.45, 2.75) is 31.7 Å². The molecule has 6 nitrogen and oxygen atoms in total. The smallest absolute Gasteiger partial charge is 0.254 e. The van der Waals surface area contributed by atoms with E-state index >= 15 is 0 Å². The van der Waals surface area contributed by atoms with Gasteiger partial charge in [0.1, 0.15) is 17.3 Å². The molecular weight excluding hydrogens is 390 g/mol. The number of aromatic nitrogens is 2. The summed E-state index contributed by atoms with van der Waals surface area (Å²) >= 11 is 0. The number of carbonyl (C=O) groups excluding carboxylic acids is 1. The van der Waals surface area contributed by atoms with Gasteiger partial charge in [-0.25, -0.2) is 9.97 Å². The molecule has 0 bridgehead atoms. The molecule has 1 aromatic heterocycles. The molecule has 1 saturated carbocycles. The first-order chi connectivity index (χ1) is 15.2. The molecule has 5 rings (SSSR count). The summed E-state index contributed by atoms with van der Waals surface area (Å²) in [5, 5.41) is 0. The van der Waals surface area contributed by atoms with Gasteiger partial charge >= 0.3 is 0 Å². The third-order valence-corrected chi connectivity index (χ3v) is 6.01. The van der Waals surface area contributed by atoms with Gasteiger partial charge in [0.25, 0.3) is 5.91 Å². The number of nitrogens with zero attached hydrogens (tertiary/aromatic N) is 3. The van der Waals surface area contributed by atoms with E-state index in [2.05, 4.69) is 0 Å². The van der Waals surface area contributed by atoms with E-state index in [1.807, 2.05) is 53.4 Å². The maximum Gasteiger partial charge on any atom is 0.254 e. The number of benzene rings is 2. The summed E-state index contributed by atoms with van der Waals surface area (Å²) in [7, 11) is 3.28. The molecule has 1 fully saturated rings. The van der Waals surface area contributed by atoms with E-state index in [1.165, 1.54) is 0 Å². The van der Waals surface area contributed by atoms with Crippen LogP contribution in [0.25, 0.3) is 11.3 Å². The molecule has 6 heteroatoms. The molecule has 1 aliphatic heterocycles. The van der Waals surface area contributed by atoms with Crippen LogP contribution < -0.4 is 9.47 Å². The van der Waals surface area contributed by atoms with E-state index in [0.717, 1.165) is 59.1 Å². The van der Waals surface area contributed by atoms with E-state index in [0.29, 0.717) is 24.6 Å². The van der Waals surface area contributed by atoms with Crippen LogP contribution in [0.1, 0.15) is 46.2 Å². The van der Waals surface area contributed by atoms with Gasteiger partial charge in [-0.1, -0.05) is 0 Å². The average Bonchev–Trinajstić information content (AvgIpc) is 3.68. The number of rotatable bonds is 5. The lowest BCUT2D eigenvalue weighted by molar-refractivity contribution is 0.0733. The standard InChI is InChI=1S/C25H25N3O3/c1-30-19-9-5-16(6-10-19)23-21-15-28(25(29)18-7-11-20(31-2)12-8-18)14-13-22(21)26-24(27-23)17-3-4-17/h5-12,17H,3-4,13-15H2,1-2H3. The Balaban J connectivity index is 1.49. The Kier molecular flexibility index (Phi) is 5.06. The largest absolute Gasteiger partial charge is 0.497 e. The van der Waals surface area contributed by atoms with Crippen LogP contribution in [0.2, 0.25) is 0 Å². The number of hydrogen-bond acceptors (Lipinski definition) is 5. The van der Waals surface area contributed by atoms with E-state index in [4.69, 9.17) is 19.4 Å². The van der Waals surface area contributed by atoms with Crippen molar-refractivity contribution in [1.29, 1.82) is 0 Å². The fourth-order valence-electron chi connectivity index (χ4n) is 4.03. The van der Waals surface area contributed by atoms with Gasteiger partial charge in [0, 0.05) is 42.1 Å². The number of ether oxygens (including phenoxy) is 2. The summed E-state index contributed by atoms with van der Waals surface area (Å²) in [6.45, 7) is 1.16. The molecule has 1 aliphatic carbocycles. The Morgan fingerprint density at radius 2 is 1.58 bits per heavy atom. The Morgan fingerprint density at radius 1 is 0.935 bits per heavy atom. The SMILES string of the molecule is COc1ccc(C(=O)N2CCc3nc(C4CC4)nc(-c4ccc(OC)cc4)c3C2)cc1. The maximum absolute atomic E-state index is 13.2. The fourth-order valence-corrected chi connectivity index (χ4v) is 4.03. The molecule has 1 amide bonds. The molecule has 0 N–H and O–H groups in total. The number of carbonyl (C=O) groups is 1. The van der Waals surface area contributed by atoms with Gasteiger partial charge in [-0.2, -0.15) is 0 Å². The van der Waals surface area contributed by atoms with E-state index in [9.17, 15) is 4.79 Å². The second-order valence-electron chi connectivity index (χ2n) is 8.06. The zero-order valence-electron chi connectivity index (χ0n) is 17.8. The highest BCUT2D eigenvalue weighted by Crippen LogP contribution is 2.40. The lowest BCUT2D eigenvalue weighted by Gasteiger charge is -2.30. The molecule has 0 spiro atoms. The van der Waals surface area contributed by atoms with Crippen LogP contribution >= 0.6 is 0 Å². The first kappa shape index (κ1) is 19.5. The Bertz CT molecular complexity index is 1110. The quantitative estimate of drug-likeness (QED) is 0.624. The fraction of sp³-hybridized carbons (Fsp3) is 0.320. The van der Waals surface area contributed by atoms with Crippen molar-refractivity contribution in [3.63, 3.8) is 0 Å². The van der Waals surface area contributed by atoms with Crippen LogP contribution in [0, 0.1) is 0 Å². The second-order valence-corrected chi connectivity index (χ2v) is 8.06. The number of fused-ring (bicyclic) bond motifs is 1. The summed E-state index contributed by atoms with van der Waals surface area (Å²) in [5.74, 6) is 2.98. The number of hydrogen-bond donors (Lipinski definition) is 0. The number of amides is 1. The van der Waals surface area contributed by atoms with Crippen LogP contribution in [0.4, 0.5) is 0 Å². The molecule has 3 aromatic rings. The number of methoxy groups -OCH3 is 2. The molecule has 2 aromatic carbocycles. The molecular formula is C25H25N3O3. The minimum absolute atomic E-state index is 0.0141. The predicted molar refractivity (Wildman–Crippen MR) is 117 cm³/mol. The summed E-state index contributed by atoms with van der Waals surface area (Å²) in [5.41, 5.74) is 4.73. The molecule has 0 atom stereocenters. The highest BCUT2D eigenvalue weighted by atomic mass is 16.5. The second kappa shape index (κ2) is 8.02. The van der Waals surface area contributed by atoms with Gasteiger partial charge < -0.3 is 14.4 Å². The molecule has 2 heterocycles. The molecule has 0 unspecified atom stereocenters. The van der Waals surface area contributed by atoms with Gasteiger partial charge in [0.2, 0.25) is 0 Å². The van der Waals surface area contributed by atoms with Crippen molar-refractivity contribution in [2.24, 2.45) is 0 Å². The van der Waals surface area contributed by atoms with Crippen molar-refractivity contribution in [3.05, 3.63) is 71.2 Å². The predicted octanol–water partition coefficient (Wildman–Crippen LogP) is 4.24. The summed E-state index contributed by atoms with van der Waals surface area (Å²) in [4.78, 5) is 24.9. The molecule has 31 heavy (non-hydrogen) atoms. The molecule has 0 saturated heterocycles. The zero-order valence-corrected chi connectivity index (χ0v) is 17.8. The minimum atomic E-state index is 0.0141. The van der Waals surface area contributed by atoms with Crippen molar-refractivity contribution in [1.82, 2.24) is 14.9 Å². The monoisotopic (exact) mass is 415 g/mol. The van der Waals surface area contributed by atoms with Crippen molar-refractivity contribution in [2.75, 3.05) is 20.8 Å². The lowest BCUT2D eigenvalue weighted by atomic mass is 9.98. The van der Waals surface area contributed by atoms with Crippen molar-refractivity contribution in [3.8, 4) is 22.8 Å². The van der Waals surface area contributed by atoms with Gasteiger partial charge in [-0.15, -0.1) is 0 Å². The van der Waals surface area contributed by atoms with Crippen LogP contribution in [-0.2, 0) is 13.0 Å². The Labute approximate surface area is 181 Å². The van der Waals surface area contributed by atoms with E-state index in [1.54, 1.807) is 14.2 Å². The van der Waals surface area contributed by atoms with Gasteiger partial charge in [0.05, 0.1) is 25.6 Å². The van der Waals surface area contributed by atoms with Gasteiger partial charge in [-0.05, 0) is 61.4 Å². The minimum Gasteiger partial charge on any atom is -0.497 e. The van der Waals surface area contributed by atoms with Crippen LogP contribution in [0.3, 0.4) is 0 Å². The van der Waals surface area contributed by atoms with Crippen molar-refractivity contribution < 1.29 is 14.3 Å². The van der Waals surface area contributed by atoms with E-state index in [-0.39, 0.29) is 5.91 Å². The van der Waals surface area contributed by atoms with Crippen LogP contribution in [0.15, 0.2) is 48.5 Å². The van der Waals surface area contributed by atoms with Crippen molar-refractivity contribution >= 4 is 5.91 Å². The maximum atomic E-state index is 13.2. The van der Waals surface area contributed by atoms with Gasteiger partial charge in [-0.3, -0.25) is 4.79 Å². The molecule has 2 aliphatic rings. The normalized spacial score (nSPS) is 15.4. The molecule has 158 valence electrons. The zero-order chi connectivity index (χ0) is 21.4. The molecule has 0 radical (unpaired) electrons. The highest BCUT2D eigenvalue weighted by molar-refractivity contribution is 5.94. The topological polar surface area (TPSA) is 64.5 Å². The van der Waals surface area contributed by atoms with E-state index < -0.39 is 0 Å². The Hall–Kier alpha value is -3.41. The lowest BCUT2D eigenvalue weighted by Crippen LogP contribution is -2.37. The van der Waals surface area contributed by atoms with Gasteiger partial charge in [0.15, 0.2) is 0 Å². The summed E-state index contributed by atoms with van der Waals surface area (Å²) in [6.07, 6.45) is 3.05. The Morgan fingerprint density at radius 3 is 2.19 bits per heavy atom. The first-order valence-electron chi connectivity index (χ1n) is 10.6. The first-order valence-corrected chi connectivity index (χ1v) is 10.6. The third kappa shape index (κ3) is 3.85. The average molecular weight is 415 g/mol. The van der Waals surface area contributed by atoms with Crippen LogP contribution in [0.5, 0.6) is 11.5 Å². The highest BCUT2D eigenvalue weighted by Gasteiger charge is 2.31.